The molecular weight excluding hydrogens is 280 g/mol. The summed E-state index contributed by atoms with van der Waals surface area (Å²) in [6.45, 7) is 0. The molecule has 0 aliphatic rings. The Kier molecular flexibility index (Phi) is 4.15. The van der Waals surface area contributed by atoms with Gasteiger partial charge in [0, 0.05) is 0 Å². The SMILES string of the molecule is COC(=O)c1ccc(-c2ccc(OC)c(O)c2)cc1Cl. The number of hydrogen-bond acceptors (Lipinski definition) is 4. The predicted molar refractivity (Wildman–Crippen MR) is 76.4 cm³/mol. The van der Waals surface area contributed by atoms with E-state index in [1.807, 2.05) is 0 Å². The first-order valence-corrected chi connectivity index (χ1v) is 6.20. The molecular formula is C15H13ClO4. The number of hydrogen-bond donors (Lipinski definition) is 1. The van der Waals surface area contributed by atoms with Crippen molar-refractivity contribution in [1.29, 1.82) is 0 Å². The number of esters is 1. The fraction of sp³-hybridized carbons (Fsp3) is 0.133. The van der Waals surface area contributed by atoms with E-state index in [0.717, 1.165) is 11.1 Å². The van der Waals surface area contributed by atoms with Crippen LogP contribution in [0.3, 0.4) is 0 Å². The van der Waals surface area contributed by atoms with Crippen LogP contribution >= 0.6 is 11.6 Å². The summed E-state index contributed by atoms with van der Waals surface area (Å²) in [5, 5.41) is 10.1. The van der Waals surface area contributed by atoms with Crippen molar-refractivity contribution in [2.45, 2.75) is 0 Å². The van der Waals surface area contributed by atoms with Gasteiger partial charge in [-0.05, 0) is 35.4 Å². The molecule has 2 rings (SSSR count). The molecule has 0 spiro atoms. The first-order valence-electron chi connectivity index (χ1n) is 5.82. The van der Waals surface area contributed by atoms with Crippen molar-refractivity contribution in [2.24, 2.45) is 0 Å². The summed E-state index contributed by atoms with van der Waals surface area (Å²) in [5.41, 5.74) is 1.85. The molecule has 1 N–H and O–H groups in total. The second-order valence-electron chi connectivity index (χ2n) is 4.07. The number of benzene rings is 2. The van der Waals surface area contributed by atoms with E-state index < -0.39 is 5.97 Å². The Bertz CT molecular complexity index is 652. The highest BCUT2D eigenvalue weighted by Crippen LogP contribution is 2.33. The number of phenols is 1. The van der Waals surface area contributed by atoms with E-state index in [-0.39, 0.29) is 5.75 Å². The third kappa shape index (κ3) is 2.70. The first kappa shape index (κ1) is 14.2. The van der Waals surface area contributed by atoms with Gasteiger partial charge in [-0.25, -0.2) is 4.79 Å². The molecule has 5 heteroatoms. The average Bonchev–Trinajstić information content (AvgIpc) is 2.46. The number of carbonyl (C=O) groups excluding carboxylic acids is 1. The number of rotatable bonds is 3. The minimum Gasteiger partial charge on any atom is -0.504 e. The predicted octanol–water partition coefficient (Wildman–Crippen LogP) is 3.51. The molecule has 0 atom stereocenters. The van der Waals surface area contributed by atoms with Crippen LogP contribution in [0.4, 0.5) is 0 Å². The topological polar surface area (TPSA) is 55.8 Å². The molecule has 0 fully saturated rings. The van der Waals surface area contributed by atoms with Gasteiger partial charge in [0.05, 0.1) is 24.8 Å². The lowest BCUT2D eigenvalue weighted by atomic mass is 10.0. The number of carbonyl (C=O) groups is 1. The highest BCUT2D eigenvalue weighted by atomic mass is 35.5. The maximum Gasteiger partial charge on any atom is 0.339 e. The van der Waals surface area contributed by atoms with Crippen LogP contribution in [0.5, 0.6) is 11.5 Å². The van der Waals surface area contributed by atoms with E-state index in [4.69, 9.17) is 16.3 Å². The van der Waals surface area contributed by atoms with Gasteiger partial charge >= 0.3 is 5.97 Å². The summed E-state index contributed by atoms with van der Waals surface area (Å²) in [4.78, 5) is 11.5. The summed E-state index contributed by atoms with van der Waals surface area (Å²) in [6.07, 6.45) is 0. The van der Waals surface area contributed by atoms with E-state index in [2.05, 4.69) is 4.74 Å². The second-order valence-corrected chi connectivity index (χ2v) is 4.48. The lowest BCUT2D eigenvalue weighted by Crippen LogP contribution is -2.01. The van der Waals surface area contributed by atoms with Gasteiger partial charge in [-0.1, -0.05) is 23.7 Å². The molecule has 20 heavy (non-hydrogen) atoms. The van der Waals surface area contributed by atoms with Crippen LogP contribution in [0.1, 0.15) is 10.4 Å². The lowest BCUT2D eigenvalue weighted by Gasteiger charge is -2.08. The number of methoxy groups -OCH3 is 2. The second kappa shape index (κ2) is 5.84. The largest absolute Gasteiger partial charge is 0.504 e. The molecule has 0 aliphatic heterocycles. The fourth-order valence-corrected chi connectivity index (χ4v) is 2.10. The summed E-state index contributed by atoms with van der Waals surface area (Å²) in [6, 6.07) is 10.00. The van der Waals surface area contributed by atoms with Crippen molar-refractivity contribution < 1.29 is 19.4 Å². The summed E-state index contributed by atoms with van der Waals surface area (Å²) in [5.74, 6) is -0.0525. The molecule has 0 radical (unpaired) electrons. The molecule has 0 saturated carbocycles. The Morgan fingerprint density at radius 2 is 1.75 bits per heavy atom. The van der Waals surface area contributed by atoms with E-state index >= 15 is 0 Å². The molecule has 0 heterocycles. The molecule has 0 bridgehead atoms. The third-order valence-electron chi connectivity index (χ3n) is 2.89. The van der Waals surface area contributed by atoms with Gasteiger partial charge < -0.3 is 14.6 Å². The number of halogens is 1. The van der Waals surface area contributed by atoms with Crippen LogP contribution in [0.15, 0.2) is 36.4 Å². The molecule has 0 saturated heterocycles. The minimum absolute atomic E-state index is 0.0400. The van der Waals surface area contributed by atoms with Crippen LogP contribution in [-0.2, 0) is 4.74 Å². The number of aromatic hydroxyl groups is 1. The van der Waals surface area contributed by atoms with Gasteiger partial charge in [0.2, 0.25) is 0 Å². The van der Waals surface area contributed by atoms with Gasteiger partial charge in [-0.2, -0.15) is 0 Å². The van der Waals surface area contributed by atoms with Crippen molar-refractivity contribution >= 4 is 17.6 Å². The highest BCUT2D eigenvalue weighted by Gasteiger charge is 2.12. The molecule has 0 unspecified atom stereocenters. The molecule has 104 valence electrons. The van der Waals surface area contributed by atoms with Gasteiger partial charge in [0.1, 0.15) is 0 Å². The van der Waals surface area contributed by atoms with E-state index in [1.54, 1.807) is 36.4 Å². The van der Waals surface area contributed by atoms with Gasteiger partial charge in [0.25, 0.3) is 0 Å². The summed E-state index contributed by atoms with van der Waals surface area (Å²) < 4.78 is 9.62. The Morgan fingerprint density at radius 3 is 2.30 bits per heavy atom. The zero-order valence-corrected chi connectivity index (χ0v) is 11.8. The smallest absolute Gasteiger partial charge is 0.339 e. The monoisotopic (exact) mass is 292 g/mol. The molecule has 2 aromatic rings. The zero-order valence-electron chi connectivity index (χ0n) is 11.0. The van der Waals surface area contributed by atoms with Crippen molar-refractivity contribution in [2.75, 3.05) is 14.2 Å². The molecule has 4 nitrogen and oxygen atoms in total. The van der Waals surface area contributed by atoms with E-state index in [0.29, 0.717) is 16.3 Å². The fourth-order valence-electron chi connectivity index (χ4n) is 1.84. The minimum atomic E-state index is -0.487. The lowest BCUT2D eigenvalue weighted by molar-refractivity contribution is 0.0601. The molecule has 0 aromatic heterocycles. The van der Waals surface area contributed by atoms with Crippen molar-refractivity contribution in [3.8, 4) is 22.6 Å². The Balaban J connectivity index is 2.41. The molecule has 0 aliphatic carbocycles. The quantitative estimate of drug-likeness (QED) is 0.880. The Labute approximate surface area is 121 Å². The molecule has 0 amide bonds. The summed E-state index contributed by atoms with van der Waals surface area (Å²) in [7, 11) is 2.78. The maximum absolute atomic E-state index is 11.5. The van der Waals surface area contributed by atoms with Gasteiger partial charge in [-0.15, -0.1) is 0 Å². The Hall–Kier alpha value is -2.20. The van der Waals surface area contributed by atoms with Crippen molar-refractivity contribution in [1.82, 2.24) is 0 Å². The van der Waals surface area contributed by atoms with Crippen molar-refractivity contribution in [3.05, 3.63) is 47.0 Å². The van der Waals surface area contributed by atoms with E-state index in [1.165, 1.54) is 14.2 Å². The van der Waals surface area contributed by atoms with Gasteiger partial charge in [-0.3, -0.25) is 0 Å². The standard InChI is InChI=1S/C15H13ClO4/c1-19-14-6-4-10(8-13(14)17)9-3-5-11(12(16)7-9)15(18)20-2/h3-8,17H,1-2H3. The number of phenolic OH excluding ortho intramolecular Hbond substituents is 1. The molecule has 2 aromatic carbocycles. The van der Waals surface area contributed by atoms with Crippen LogP contribution in [-0.4, -0.2) is 25.3 Å². The zero-order chi connectivity index (χ0) is 14.7. The van der Waals surface area contributed by atoms with Crippen LogP contribution < -0.4 is 4.74 Å². The Morgan fingerprint density at radius 1 is 1.10 bits per heavy atom. The van der Waals surface area contributed by atoms with Crippen LogP contribution in [0.25, 0.3) is 11.1 Å². The maximum atomic E-state index is 11.5. The van der Waals surface area contributed by atoms with Crippen molar-refractivity contribution in [3.63, 3.8) is 0 Å². The van der Waals surface area contributed by atoms with Crippen LogP contribution in [0, 0.1) is 0 Å². The van der Waals surface area contributed by atoms with Crippen LogP contribution in [0.2, 0.25) is 5.02 Å². The highest BCUT2D eigenvalue weighted by molar-refractivity contribution is 6.33. The first-order chi connectivity index (χ1) is 9.56. The number of ether oxygens (including phenoxy) is 2. The normalized spacial score (nSPS) is 10.2. The average molecular weight is 293 g/mol. The third-order valence-corrected chi connectivity index (χ3v) is 3.20. The van der Waals surface area contributed by atoms with E-state index in [9.17, 15) is 9.90 Å². The van der Waals surface area contributed by atoms with Gasteiger partial charge in [0.15, 0.2) is 11.5 Å². The summed E-state index contributed by atoms with van der Waals surface area (Å²) >= 11 is 6.06.